The van der Waals surface area contributed by atoms with E-state index in [4.69, 9.17) is 19.2 Å². The van der Waals surface area contributed by atoms with E-state index in [1.165, 1.54) is 5.56 Å². The summed E-state index contributed by atoms with van der Waals surface area (Å²) >= 11 is 0. The minimum Gasteiger partial charge on any atom is -0.493 e. The van der Waals surface area contributed by atoms with Crippen molar-refractivity contribution in [2.75, 3.05) is 13.7 Å². The second-order valence-electron chi connectivity index (χ2n) is 6.56. The topological polar surface area (TPSA) is 52.9 Å². The third-order valence-corrected chi connectivity index (χ3v) is 4.92. The van der Waals surface area contributed by atoms with Crippen LogP contribution in [0.5, 0.6) is 17.2 Å². The Labute approximate surface area is 157 Å². The highest BCUT2D eigenvalue weighted by molar-refractivity contribution is 5.98. The number of para-hydroxylation sites is 1. The Morgan fingerprint density at radius 1 is 1.04 bits per heavy atom. The van der Waals surface area contributed by atoms with Gasteiger partial charge >= 0.3 is 0 Å². The summed E-state index contributed by atoms with van der Waals surface area (Å²) in [5.41, 5.74) is 5.47. The third kappa shape index (κ3) is 2.81. The van der Waals surface area contributed by atoms with E-state index in [0.717, 1.165) is 28.9 Å². The molecule has 1 atom stereocenters. The van der Waals surface area contributed by atoms with Gasteiger partial charge in [0.15, 0.2) is 17.6 Å². The van der Waals surface area contributed by atoms with Crippen LogP contribution in [0.25, 0.3) is 11.1 Å². The van der Waals surface area contributed by atoms with Gasteiger partial charge in [0.05, 0.1) is 18.5 Å². The van der Waals surface area contributed by atoms with Crippen LogP contribution in [0.3, 0.4) is 0 Å². The number of fused-ring (bicyclic) bond motifs is 2. The predicted octanol–water partition coefficient (Wildman–Crippen LogP) is 4.23. The van der Waals surface area contributed by atoms with Crippen molar-refractivity contribution in [3.05, 3.63) is 66.5 Å². The summed E-state index contributed by atoms with van der Waals surface area (Å²) in [6.45, 7) is 0.428. The number of methoxy groups -OCH3 is 1. The summed E-state index contributed by atoms with van der Waals surface area (Å²) in [5.74, 6) is 2.04. The first kappa shape index (κ1) is 15.9. The van der Waals surface area contributed by atoms with Gasteiger partial charge in [-0.1, -0.05) is 18.2 Å². The molecule has 1 aromatic heterocycles. The molecule has 2 aliphatic heterocycles. The van der Waals surface area contributed by atoms with E-state index in [-0.39, 0.29) is 6.10 Å². The number of aromatic nitrogens is 1. The highest BCUT2D eigenvalue weighted by Crippen LogP contribution is 2.41. The fraction of sp³-hybridized carbons (Fsp3) is 0.182. The number of hydrogen-bond acceptors (Lipinski definition) is 5. The number of rotatable bonds is 3. The molecule has 0 aliphatic carbocycles. The Hall–Kier alpha value is -3.34. The monoisotopic (exact) mass is 358 g/mol. The molecule has 0 amide bonds. The molecule has 1 unspecified atom stereocenters. The van der Waals surface area contributed by atoms with Crippen LogP contribution < -0.4 is 14.2 Å². The SMILES string of the molecule is COc1cccc2c1OCC(C1=Nc3cc(-c4ccncc4)ccc3C1)O2. The van der Waals surface area contributed by atoms with E-state index in [2.05, 4.69) is 23.2 Å². The van der Waals surface area contributed by atoms with Gasteiger partial charge in [0, 0.05) is 18.8 Å². The van der Waals surface area contributed by atoms with Crippen LogP contribution >= 0.6 is 0 Å². The zero-order chi connectivity index (χ0) is 18.2. The van der Waals surface area contributed by atoms with Gasteiger partial charge in [-0.3, -0.25) is 9.98 Å². The van der Waals surface area contributed by atoms with Crippen molar-refractivity contribution in [3.63, 3.8) is 0 Å². The molecule has 0 saturated carbocycles. The van der Waals surface area contributed by atoms with Gasteiger partial charge in [-0.2, -0.15) is 0 Å². The average Bonchev–Trinajstić information content (AvgIpc) is 3.17. The Kier molecular flexibility index (Phi) is 3.78. The molecule has 0 saturated heterocycles. The fourth-order valence-corrected chi connectivity index (χ4v) is 3.52. The minimum absolute atomic E-state index is 0.193. The van der Waals surface area contributed by atoms with E-state index in [0.29, 0.717) is 23.9 Å². The van der Waals surface area contributed by atoms with Crippen LogP contribution in [-0.2, 0) is 6.42 Å². The molecule has 0 radical (unpaired) electrons. The van der Waals surface area contributed by atoms with Crippen LogP contribution in [0, 0.1) is 0 Å². The van der Waals surface area contributed by atoms with Crippen molar-refractivity contribution >= 4 is 11.4 Å². The summed E-state index contributed by atoms with van der Waals surface area (Å²) in [4.78, 5) is 8.92. The number of aliphatic imine (C=N–C) groups is 1. The standard InChI is InChI=1S/C22H18N2O3/c1-25-19-3-2-4-20-22(19)26-13-21(27-20)18-12-16-6-5-15(11-17(16)24-18)14-7-9-23-10-8-14/h2-11,21H,12-13H2,1H3. The lowest BCUT2D eigenvalue weighted by Crippen LogP contribution is -2.36. The largest absolute Gasteiger partial charge is 0.493 e. The molecular weight excluding hydrogens is 340 g/mol. The number of hydrogen-bond donors (Lipinski definition) is 0. The highest BCUT2D eigenvalue weighted by Gasteiger charge is 2.30. The number of pyridine rings is 1. The number of nitrogens with zero attached hydrogens (tertiary/aromatic N) is 2. The van der Waals surface area contributed by atoms with Gasteiger partial charge in [-0.05, 0) is 47.0 Å². The van der Waals surface area contributed by atoms with Gasteiger partial charge in [0.2, 0.25) is 5.75 Å². The van der Waals surface area contributed by atoms with Gasteiger partial charge in [-0.25, -0.2) is 0 Å². The van der Waals surface area contributed by atoms with Gasteiger partial charge < -0.3 is 14.2 Å². The second-order valence-corrected chi connectivity index (χ2v) is 6.56. The predicted molar refractivity (Wildman–Crippen MR) is 103 cm³/mol. The van der Waals surface area contributed by atoms with Crippen molar-refractivity contribution in [2.45, 2.75) is 12.5 Å². The molecule has 2 aromatic carbocycles. The van der Waals surface area contributed by atoms with E-state index in [1.54, 1.807) is 19.5 Å². The molecule has 5 heteroatoms. The molecule has 0 bridgehead atoms. The second kappa shape index (κ2) is 6.43. The number of benzene rings is 2. The van der Waals surface area contributed by atoms with Crippen LogP contribution in [-0.4, -0.2) is 30.5 Å². The first-order valence-electron chi connectivity index (χ1n) is 8.89. The van der Waals surface area contributed by atoms with E-state index in [9.17, 15) is 0 Å². The molecular formula is C22H18N2O3. The smallest absolute Gasteiger partial charge is 0.203 e. The van der Waals surface area contributed by atoms with Crippen LogP contribution in [0.4, 0.5) is 5.69 Å². The number of ether oxygens (including phenoxy) is 3. The van der Waals surface area contributed by atoms with Crippen molar-refractivity contribution in [3.8, 4) is 28.4 Å². The van der Waals surface area contributed by atoms with Gasteiger partial charge in [0.25, 0.3) is 0 Å². The molecule has 5 rings (SSSR count). The van der Waals surface area contributed by atoms with Crippen LogP contribution in [0.2, 0.25) is 0 Å². The van der Waals surface area contributed by atoms with Crippen molar-refractivity contribution in [1.82, 2.24) is 4.98 Å². The Morgan fingerprint density at radius 2 is 1.93 bits per heavy atom. The summed E-state index contributed by atoms with van der Waals surface area (Å²) in [5, 5.41) is 0. The third-order valence-electron chi connectivity index (χ3n) is 4.92. The fourth-order valence-electron chi connectivity index (χ4n) is 3.52. The average molecular weight is 358 g/mol. The summed E-state index contributed by atoms with van der Waals surface area (Å²) in [6, 6.07) is 16.1. The lowest BCUT2D eigenvalue weighted by molar-refractivity contribution is 0.129. The molecule has 27 heavy (non-hydrogen) atoms. The quantitative estimate of drug-likeness (QED) is 0.703. The molecule has 5 nitrogen and oxygen atoms in total. The highest BCUT2D eigenvalue weighted by atomic mass is 16.6. The maximum Gasteiger partial charge on any atom is 0.203 e. The Bertz CT molecular complexity index is 1030. The first-order valence-corrected chi connectivity index (χ1v) is 8.89. The molecule has 3 heterocycles. The van der Waals surface area contributed by atoms with Crippen LogP contribution in [0.15, 0.2) is 65.9 Å². The maximum absolute atomic E-state index is 6.16. The van der Waals surface area contributed by atoms with Crippen molar-refractivity contribution in [2.24, 2.45) is 4.99 Å². The van der Waals surface area contributed by atoms with E-state index in [1.807, 2.05) is 30.3 Å². The van der Waals surface area contributed by atoms with E-state index < -0.39 is 0 Å². The van der Waals surface area contributed by atoms with Crippen molar-refractivity contribution in [1.29, 1.82) is 0 Å². The minimum atomic E-state index is -0.193. The first-order chi connectivity index (χ1) is 13.3. The molecule has 0 N–H and O–H groups in total. The van der Waals surface area contributed by atoms with Gasteiger partial charge in [-0.15, -0.1) is 0 Å². The lowest BCUT2D eigenvalue weighted by atomic mass is 10.0. The summed E-state index contributed by atoms with van der Waals surface area (Å²) in [7, 11) is 1.63. The lowest BCUT2D eigenvalue weighted by Gasteiger charge is -2.27. The zero-order valence-electron chi connectivity index (χ0n) is 14.9. The Balaban J connectivity index is 1.41. The van der Waals surface area contributed by atoms with Crippen molar-refractivity contribution < 1.29 is 14.2 Å². The van der Waals surface area contributed by atoms with Crippen LogP contribution in [0.1, 0.15) is 5.56 Å². The normalized spacial score (nSPS) is 17.2. The van der Waals surface area contributed by atoms with E-state index >= 15 is 0 Å². The molecule has 3 aromatic rings. The molecule has 134 valence electrons. The summed E-state index contributed by atoms with van der Waals surface area (Å²) in [6.07, 6.45) is 4.19. The summed E-state index contributed by atoms with van der Waals surface area (Å²) < 4.78 is 17.4. The van der Waals surface area contributed by atoms with Gasteiger partial charge in [0.1, 0.15) is 6.61 Å². The molecule has 2 aliphatic rings. The maximum atomic E-state index is 6.16. The molecule has 0 spiro atoms. The Morgan fingerprint density at radius 3 is 2.78 bits per heavy atom. The zero-order valence-corrected chi connectivity index (χ0v) is 14.9. The molecule has 0 fully saturated rings.